The Morgan fingerprint density at radius 3 is 3.08 bits per heavy atom. The SMILES string of the molecule is Cn1ccc2scc(N)c2c1=O. The second-order valence-electron chi connectivity index (χ2n) is 2.66. The van der Waals surface area contributed by atoms with Crippen molar-refractivity contribution in [3.63, 3.8) is 0 Å². The summed E-state index contributed by atoms with van der Waals surface area (Å²) in [7, 11) is 1.72. The first kappa shape index (κ1) is 7.36. The third kappa shape index (κ3) is 0.848. The molecule has 0 atom stereocenters. The Hall–Kier alpha value is -1.29. The highest BCUT2D eigenvalue weighted by Crippen LogP contribution is 2.23. The van der Waals surface area contributed by atoms with Gasteiger partial charge in [-0.1, -0.05) is 0 Å². The first-order valence-electron chi connectivity index (χ1n) is 3.52. The van der Waals surface area contributed by atoms with Gasteiger partial charge in [-0.3, -0.25) is 4.79 Å². The Balaban J connectivity index is 3.06. The third-order valence-electron chi connectivity index (χ3n) is 1.83. The number of aromatic nitrogens is 1. The Bertz CT molecular complexity index is 483. The number of thiophene rings is 1. The van der Waals surface area contributed by atoms with Crippen LogP contribution in [0.3, 0.4) is 0 Å². The minimum absolute atomic E-state index is 0.0220. The summed E-state index contributed by atoms with van der Waals surface area (Å²) in [5.41, 5.74) is 6.20. The van der Waals surface area contributed by atoms with E-state index in [1.807, 2.05) is 6.07 Å². The molecule has 0 fully saturated rings. The molecule has 0 bridgehead atoms. The lowest BCUT2D eigenvalue weighted by atomic mass is 10.3. The van der Waals surface area contributed by atoms with Crippen LogP contribution in [-0.2, 0) is 7.05 Å². The van der Waals surface area contributed by atoms with Crippen LogP contribution in [-0.4, -0.2) is 4.57 Å². The standard InChI is InChI=1S/C8H8N2OS/c1-10-3-2-6-7(8(10)11)5(9)4-12-6/h2-4H,9H2,1H3. The zero-order chi connectivity index (χ0) is 8.72. The zero-order valence-electron chi connectivity index (χ0n) is 6.57. The number of nitrogens with zero attached hydrogens (tertiary/aromatic N) is 1. The number of nitrogens with two attached hydrogens (primary N) is 1. The van der Waals surface area contributed by atoms with E-state index in [9.17, 15) is 4.79 Å². The lowest BCUT2D eigenvalue weighted by Gasteiger charge is -1.95. The molecule has 0 saturated heterocycles. The van der Waals surface area contributed by atoms with Gasteiger partial charge in [0.15, 0.2) is 0 Å². The van der Waals surface area contributed by atoms with Gasteiger partial charge in [-0.2, -0.15) is 0 Å². The Morgan fingerprint density at radius 2 is 2.33 bits per heavy atom. The number of aryl methyl sites for hydroxylation is 1. The molecule has 2 heterocycles. The Kier molecular flexibility index (Phi) is 1.44. The molecule has 12 heavy (non-hydrogen) atoms. The summed E-state index contributed by atoms with van der Waals surface area (Å²) in [5.74, 6) is 0. The van der Waals surface area contributed by atoms with Crippen molar-refractivity contribution in [2.45, 2.75) is 0 Å². The molecule has 2 aromatic heterocycles. The number of hydrogen-bond acceptors (Lipinski definition) is 3. The molecule has 2 N–H and O–H groups in total. The summed E-state index contributed by atoms with van der Waals surface area (Å²) < 4.78 is 2.49. The van der Waals surface area contributed by atoms with Gasteiger partial charge in [-0.15, -0.1) is 11.3 Å². The fourth-order valence-electron chi connectivity index (χ4n) is 1.16. The van der Waals surface area contributed by atoms with Crippen molar-refractivity contribution < 1.29 is 0 Å². The maximum absolute atomic E-state index is 11.5. The van der Waals surface area contributed by atoms with Crippen LogP contribution in [0, 0.1) is 0 Å². The van der Waals surface area contributed by atoms with Crippen molar-refractivity contribution in [2.24, 2.45) is 7.05 Å². The molecule has 2 aromatic rings. The highest BCUT2D eigenvalue weighted by molar-refractivity contribution is 7.17. The van der Waals surface area contributed by atoms with Crippen LogP contribution in [0.5, 0.6) is 0 Å². The Labute approximate surface area is 73.0 Å². The lowest BCUT2D eigenvalue weighted by Crippen LogP contribution is -2.15. The van der Waals surface area contributed by atoms with Gasteiger partial charge in [-0.05, 0) is 6.07 Å². The summed E-state index contributed by atoms with van der Waals surface area (Å²) in [6.45, 7) is 0. The number of nitrogen functional groups attached to an aromatic ring is 1. The van der Waals surface area contributed by atoms with Crippen molar-refractivity contribution in [2.75, 3.05) is 5.73 Å². The molecule has 0 amide bonds. The van der Waals surface area contributed by atoms with Crippen molar-refractivity contribution in [3.8, 4) is 0 Å². The summed E-state index contributed by atoms with van der Waals surface area (Å²) >= 11 is 1.50. The number of hydrogen-bond donors (Lipinski definition) is 1. The van der Waals surface area contributed by atoms with Gasteiger partial charge in [0.05, 0.1) is 11.1 Å². The van der Waals surface area contributed by atoms with Gasteiger partial charge >= 0.3 is 0 Å². The van der Waals surface area contributed by atoms with Crippen LogP contribution < -0.4 is 11.3 Å². The fourth-order valence-corrected chi connectivity index (χ4v) is 2.00. The minimum atomic E-state index is -0.0220. The number of fused-ring (bicyclic) bond motifs is 1. The van der Waals surface area contributed by atoms with E-state index in [1.54, 1.807) is 18.6 Å². The van der Waals surface area contributed by atoms with Gasteiger partial charge in [-0.25, -0.2) is 0 Å². The largest absolute Gasteiger partial charge is 0.397 e. The average Bonchev–Trinajstić information content (AvgIpc) is 2.41. The summed E-state index contributed by atoms with van der Waals surface area (Å²) in [5, 5.41) is 2.44. The number of anilines is 1. The monoisotopic (exact) mass is 180 g/mol. The topological polar surface area (TPSA) is 48.0 Å². The van der Waals surface area contributed by atoms with E-state index in [-0.39, 0.29) is 5.56 Å². The van der Waals surface area contributed by atoms with Crippen LogP contribution in [0.15, 0.2) is 22.4 Å². The first-order valence-corrected chi connectivity index (χ1v) is 4.40. The number of pyridine rings is 1. The molecule has 0 spiro atoms. The van der Waals surface area contributed by atoms with E-state index in [0.717, 1.165) is 4.70 Å². The second-order valence-corrected chi connectivity index (χ2v) is 3.57. The molecule has 0 aliphatic carbocycles. The van der Waals surface area contributed by atoms with Crippen molar-refractivity contribution in [1.29, 1.82) is 0 Å². The van der Waals surface area contributed by atoms with Gasteiger partial charge in [0.1, 0.15) is 0 Å². The first-order chi connectivity index (χ1) is 5.70. The minimum Gasteiger partial charge on any atom is -0.397 e. The Morgan fingerprint density at radius 1 is 1.58 bits per heavy atom. The average molecular weight is 180 g/mol. The van der Waals surface area contributed by atoms with Crippen LogP contribution >= 0.6 is 11.3 Å². The van der Waals surface area contributed by atoms with Crippen LogP contribution in [0.1, 0.15) is 0 Å². The van der Waals surface area contributed by atoms with Gasteiger partial charge in [0, 0.05) is 23.3 Å². The molecular formula is C8H8N2OS. The van der Waals surface area contributed by atoms with E-state index in [4.69, 9.17) is 5.73 Å². The maximum Gasteiger partial charge on any atom is 0.261 e. The zero-order valence-corrected chi connectivity index (χ0v) is 7.39. The highest BCUT2D eigenvalue weighted by Gasteiger charge is 2.05. The van der Waals surface area contributed by atoms with E-state index in [1.165, 1.54) is 15.9 Å². The quantitative estimate of drug-likeness (QED) is 0.661. The smallest absolute Gasteiger partial charge is 0.261 e. The molecule has 0 aromatic carbocycles. The molecule has 4 heteroatoms. The molecule has 0 aliphatic rings. The van der Waals surface area contributed by atoms with Gasteiger partial charge in [0.25, 0.3) is 5.56 Å². The van der Waals surface area contributed by atoms with Crippen molar-refractivity contribution >= 4 is 27.1 Å². The fraction of sp³-hybridized carbons (Fsp3) is 0.125. The van der Waals surface area contributed by atoms with E-state index >= 15 is 0 Å². The number of rotatable bonds is 0. The van der Waals surface area contributed by atoms with Crippen LogP contribution in [0.2, 0.25) is 0 Å². The van der Waals surface area contributed by atoms with E-state index in [0.29, 0.717) is 11.1 Å². The lowest BCUT2D eigenvalue weighted by molar-refractivity contribution is 0.874. The predicted molar refractivity (Wildman–Crippen MR) is 51.5 cm³/mol. The van der Waals surface area contributed by atoms with Crippen molar-refractivity contribution in [3.05, 3.63) is 28.0 Å². The normalized spacial score (nSPS) is 10.8. The molecule has 62 valence electrons. The van der Waals surface area contributed by atoms with E-state index < -0.39 is 0 Å². The maximum atomic E-state index is 11.5. The molecule has 2 rings (SSSR count). The molecule has 0 unspecified atom stereocenters. The molecule has 0 aliphatic heterocycles. The highest BCUT2D eigenvalue weighted by atomic mass is 32.1. The molecular weight excluding hydrogens is 172 g/mol. The van der Waals surface area contributed by atoms with Gasteiger partial charge < -0.3 is 10.3 Å². The summed E-state index contributed by atoms with van der Waals surface area (Å²) in [6.07, 6.45) is 1.75. The molecule has 0 radical (unpaired) electrons. The third-order valence-corrected chi connectivity index (χ3v) is 2.80. The predicted octanol–water partition coefficient (Wildman–Crippen LogP) is 1.18. The van der Waals surface area contributed by atoms with Gasteiger partial charge in [0.2, 0.25) is 0 Å². The summed E-state index contributed by atoms with van der Waals surface area (Å²) in [4.78, 5) is 11.5. The van der Waals surface area contributed by atoms with Crippen LogP contribution in [0.4, 0.5) is 5.69 Å². The molecule has 0 saturated carbocycles. The van der Waals surface area contributed by atoms with Crippen molar-refractivity contribution in [1.82, 2.24) is 4.57 Å². The van der Waals surface area contributed by atoms with E-state index in [2.05, 4.69) is 0 Å². The summed E-state index contributed by atoms with van der Waals surface area (Å²) in [6, 6.07) is 1.90. The second kappa shape index (κ2) is 2.35. The molecule has 3 nitrogen and oxygen atoms in total. The van der Waals surface area contributed by atoms with Crippen LogP contribution in [0.25, 0.3) is 10.1 Å².